The van der Waals surface area contributed by atoms with Crippen LogP contribution in [0.4, 0.5) is 0 Å². The summed E-state index contributed by atoms with van der Waals surface area (Å²) in [6, 6.07) is 8.53. The van der Waals surface area contributed by atoms with Crippen molar-refractivity contribution in [2.45, 2.75) is 4.21 Å². The van der Waals surface area contributed by atoms with Crippen molar-refractivity contribution in [1.82, 2.24) is 0 Å². The lowest BCUT2D eigenvalue weighted by Crippen LogP contribution is -2.09. The molecule has 0 unspecified atom stereocenters. The Balaban J connectivity index is 2.28. The highest BCUT2D eigenvalue weighted by atomic mass is 35.5. The molecular weight excluding hydrogens is 324 g/mol. The summed E-state index contributed by atoms with van der Waals surface area (Å²) in [5.41, 5.74) is 0.199. The SMILES string of the molecule is COC(=O)c1cccc(OS(=O)(=O)c2ccc(Cl)s2)c1. The maximum Gasteiger partial charge on any atom is 0.348 e. The standard InChI is InChI=1S/C12H9ClO5S2/c1-17-12(14)8-3-2-4-9(7-8)18-20(15,16)11-6-5-10(13)19-11/h2-7H,1H3. The second-order valence-electron chi connectivity index (χ2n) is 3.62. The van der Waals surface area contributed by atoms with Gasteiger partial charge < -0.3 is 8.92 Å². The summed E-state index contributed by atoms with van der Waals surface area (Å²) >= 11 is 6.58. The number of rotatable bonds is 4. The monoisotopic (exact) mass is 332 g/mol. The van der Waals surface area contributed by atoms with E-state index in [1.54, 1.807) is 0 Å². The first-order valence-corrected chi connectivity index (χ1v) is 7.91. The first-order chi connectivity index (χ1) is 9.42. The Morgan fingerprint density at radius 1 is 1.25 bits per heavy atom. The summed E-state index contributed by atoms with van der Waals surface area (Å²) in [6.07, 6.45) is 0. The minimum atomic E-state index is -3.96. The van der Waals surface area contributed by atoms with Crippen molar-refractivity contribution >= 4 is 39.0 Å². The number of carbonyl (C=O) groups is 1. The van der Waals surface area contributed by atoms with E-state index in [2.05, 4.69) is 4.74 Å². The highest BCUT2D eigenvalue weighted by Gasteiger charge is 2.19. The fourth-order valence-electron chi connectivity index (χ4n) is 1.39. The normalized spacial score (nSPS) is 11.1. The van der Waals surface area contributed by atoms with Gasteiger partial charge in [0.1, 0.15) is 5.75 Å². The van der Waals surface area contributed by atoms with Gasteiger partial charge in [0.25, 0.3) is 0 Å². The average Bonchev–Trinajstić information content (AvgIpc) is 2.85. The molecule has 5 nitrogen and oxygen atoms in total. The second-order valence-corrected chi connectivity index (χ2v) is 7.10. The fraction of sp³-hybridized carbons (Fsp3) is 0.0833. The van der Waals surface area contributed by atoms with Crippen molar-refractivity contribution in [3.05, 3.63) is 46.3 Å². The molecule has 0 spiro atoms. The van der Waals surface area contributed by atoms with Gasteiger partial charge in [-0.05, 0) is 30.3 Å². The van der Waals surface area contributed by atoms with E-state index in [0.29, 0.717) is 4.34 Å². The molecule has 0 fully saturated rings. The number of carbonyl (C=O) groups excluding carboxylic acids is 1. The van der Waals surface area contributed by atoms with E-state index in [0.717, 1.165) is 11.3 Å². The molecule has 1 aromatic heterocycles. The van der Waals surface area contributed by atoms with Gasteiger partial charge in [0.2, 0.25) is 0 Å². The lowest BCUT2D eigenvalue weighted by molar-refractivity contribution is 0.0600. The number of esters is 1. The van der Waals surface area contributed by atoms with Crippen molar-refractivity contribution < 1.29 is 22.1 Å². The number of hydrogen-bond acceptors (Lipinski definition) is 6. The van der Waals surface area contributed by atoms with Gasteiger partial charge in [-0.1, -0.05) is 17.7 Å². The zero-order valence-electron chi connectivity index (χ0n) is 10.2. The topological polar surface area (TPSA) is 69.7 Å². The van der Waals surface area contributed by atoms with E-state index in [4.69, 9.17) is 15.8 Å². The Labute approximate surface area is 124 Å². The number of methoxy groups -OCH3 is 1. The number of hydrogen-bond donors (Lipinski definition) is 0. The van der Waals surface area contributed by atoms with E-state index in [1.807, 2.05) is 0 Å². The fourth-order valence-corrected chi connectivity index (χ4v) is 3.76. The average molecular weight is 333 g/mol. The van der Waals surface area contributed by atoms with E-state index in [9.17, 15) is 13.2 Å². The summed E-state index contributed by atoms with van der Waals surface area (Å²) in [5, 5.41) is 0. The third-order valence-corrected chi connectivity index (χ3v) is 5.18. The van der Waals surface area contributed by atoms with Gasteiger partial charge in [-0.2, -0.15) is 8.42 Å². The van der Waals surface area contributed by atoms with E-state index >= 15 is 0 Å². The predicted octanol–water partition coefficient (Wildman–Crippen LogP) is 2.96. The smallest absolute Gasteiger partial charge is 0.348 e. The molecule has 2 rings (SSSR count). The van der Waals surface area contributed by atoms with Gasteiger partial charge >= 0.3 is 16.1 Å². The number of thiophene rings is 1. The van der Waals surface area contributed by atoms with Crippen molar-refractivity contribution in [2.75, 3.05) is 7.11 Å². The molecule has 0 aliphatic carbocycles. The van der Waals surface area contributed by atoms with Gasteiger partial charge in [0.05, 0.1) is 17.0 Å². The van der Waals surface area contributed by atoms with Crippen LogP contribution in [-0.2, 0) is 14.9 Å². The Hall–Kier alpha value is -1.57. The van der Waals surface area contributed by atoms with E-state index < -0.39 is 16.1 Å². The van der Waals surface area contributed by atoms with Crippen molar-refractivity contribution in [1.29, 1.82) is 0 Å². The predicted molar refractivity (Wildman–Crippen MR) is 74.9 cm³/mol. The summed E-state index contributed by atoms with van der Waals surface area (Å²) in [5.74, 6) is -0.551. The van der Waals surface area contributed by atoms with Crippen LogP contribution >= 0.6 is 22.9 Å². The van der Waals surface area contributed by atoms with Crippen LogP contribution < -0.4 is 4.18 Å². The van der Waals surface area contributed by atoms with Crippen LogP contribution in [-0.4, -0.2) is 21.5 Å². The van der Waals surface area contributed by atoms with Crippen molar-refractivity contribution in [3.8, 4) is 5.75 Å². The van der Waals surface area contributed by atoms with Gasteiger partial charge in [-0.3, -0.25) is 0 Å². The molecule has 106 valence electrons. The van der Waals surface area contributed by atoms with Crippen molar-refractivity contribution in [2.24, 2.45) is 0 Å². The van der Waals surface area contributed by atoms with Crippen LogP contribution in [0.25, 0.3) is 0 Å². The first kappa shape index (κ1) is 14.8. The first-order valence-electron chi connectivity index (χ1n) is 5.30. The molecule has 0 amide bonds. The Kier molecular flexibility index (Phi) is 4.32. The highest BCUT2D eigenvalue weighted by molar-refractivity contribution is 7.89. The molecule has 1 heterocycles. The minimum absolute atomic E-state index is 0.00836. The van der Waals surface area contributed by atoms with Gasteiger partial charge in [-0.25, -0.2) is 4.79 Å². The molecule has 0 N–H and O–H groups in total. The lowest BCUT2D eigenvalue weighted by Gasteiger charge is -2.06. The van der Waals surface area contributed by atoms with Crippen LogP contribution in [0.2, 0.25) is 4.34 Å². The zero-order chi connectivity index (χ0) is 14.8. The molecule has 0 bridgehead atoms. The Bertz CT molecular complexity index is 736. The molecule has 0 saturated heterocycles. The Morgan fingerprint density at radius 3 is 2.60 bits per heavy atom. The molecule has 0 aliphatic rings. The summed E-state index contributed by atoms with van der Waals surface area (Å²) in [7, 11) is -2.72. The van der Waals surface area contributed by atoms with Crippen LogP contribution in [0.5, 0.6) is 5.75 Å². The number of ether oxygens (including phenoxy) is 1. The van der Waals surface area contributed by atoms with E-state index in [-0.39, 0.29) is 15.5 Å². The molecule has 1 aromatic carbocycles. The number of benzene rings is 1. The molecular formula is C12H9ClO5S2. The quantitative estimate of drug-likeness (QED) is 0.636. The zero-order valence-corrected chi connectivity index (χ0v) is 12.6. The molecule has 2 aromatic rings. The summed E-state index contributed by atoms with van der Waals surface area (Å²) in [6.45, 7) is 0. The lowest BCUT2D eigenvalue weighted by atomic mass is 10.2. The largest absolute Gasteiger partial charge is 0.465 e. The number of halogens is 1. The Morgan fingerprint density at radius 2 is 2.00 bits per heavy atom. The molecule has 20 heavy (non-hydrogen) atoms. The van der Waals surface area contributed by atoms with Crippen molar-refractivity contribution in [3.63, 3.8) is 0 Å². The van der Waals surface area contributed by atoms with Gasteiger partial charge in [0.15, 0.2) is 4.21 Å². The molecule has 0 saturated carbocycles. The maximum absolute atomic E-state index is 12.0. The molecule has 8 heteroatoms. The van der Waals surface area contributed by atoms with Gasteiger partial charge in [0, 0.05) is 0 Å². The van der Waals surface area contributed by atoms with E-state index in [1.165, 1.54) is 43.5 Å². The highest BCUT2D eigenvalue weighted by Crippen LogP contribution is 2.28. The minimum Gasteiger partial charge on any atom is -0.465 e. The molecule has 0 aliphatic heterocycles. The van der Waals surface area contributed by atoms with Gasteiger partial charge in [-0.15, -0.1) is 11.3 Å². The summed E-state index contributed by atoms with van der Waals surface area (Å²) in [4.78, 5) is 11.4. The van der Waals surface area contributed by atoms with Crippen LogP contribution in [0, 0.1) is 0 Å². The second kappa shape index (κ2) is 5.82. The molecule has 0 atom stereocenters. The third kappa shape index (κ3) is 3.30. The maximum atomic E-state index is 12.0. The van der Waals surface area contributed by atoms with Crippen LogP contribution in [0.3, 0.4) is 0 Å². The van der Waals surface area contributed by atoms with Crippen LogP contribution in [0.1, 0.15) is 10.4 Å². The summed E-state index contributed by atoms with van der Waals surface area (Å²) < 4.78 is 33.8. The third-order valence-electron chi connectivity index (χ3n) is 2.26. The van der Waals surface area contributed by atoms with Crippen LogP contribution in [0.15, 0.2) is 40.6 Å². The molecule has 0 radical (unpaired) electrons.